The molecule has 3 rings (SSSR count). The Bertz CT molecular complexity index is 622. The van der Waals surface area contributed by atoms with E-state index in [1.165, 1.54) is 28.4 Å². The summed E-state index contributed by atoms with van der Waals surface area (Å²) in [5.41, 5.74) is 2.62. The van der Waals surface area contributed by atoms with Crippen LogP contribution in [0.15, 0.2) is 53.0 Å². The number of hydrogen-bond donors (Lipinski definition) is 1. The molecule has 1 nitrogen and oxygen atoms in total. The maximum absolute atomic E-state index is 6.26. The minimum absolute atomic E-state index is 0.298. The molecule has 1 atom stereocenters. The van der Waals surface area contributed by atoms with Gasteiger partial charge in [0.05, 0.1) is 0 Å². The first kappa shape index (κ1) is 15.1. The summed E-state index contributed by atoms with van der Waals surface area (Å²) >= 11 is 9.81. The van der Waals surface area contributed by atoms with Crippen LogP contribution in [0.1, 0.15) is 42.9 Å². The summed E-state index contributed by atoms with van der Waals surface area (Å²) in [7, 11) is 0. The third-order valence-electron chi connectivity index (χ3n) is 4.32. The van der Waals surface area contributed by atoms with E-state index in [4.69, 9.17) is 11.6 Å². The van der Waals surface area contributed by atoms with Crippen molar-refractivity contribution in [2.24, 2.45) is 0 Å². The quantitative estimate of drug-likeness (QED) is 0.734. The molecule has 3 heteroatoms. The molecular weight excluding hydrogens is 346 g/mol. The molecule has 2 aromatic rings. The van der Waals surface area contributed by atoms with E-state index in [0.29, 0.717) is 18.0 Å². The van der Waals surface area contributed by atoms with E-state index < -0.39 is 0 Å². The summed E-state index contributed by atoms with van der Waals surface area (Å²) in [5.74, 6) is 0.679. The van der Waals surface area contributed by atoms with Crippen LogP contribution in [0, 0.1) is 0 Å². The highest BCUT2D eigenvalue weighted by Gasteiger charge is 2.31. The van der Waals surface area contributed by atoms with Crippen LogP contribution in [-0.2, 0) is 0 Å². The minimum Gasteiger partial charge on any atom is -0.307 e. The fraction of sp³-hybridized carbons (Fsp3) is 0.333. The molecule has 1 N–H and O–H groups in total. The molecule has 0 aliphatic heterocycles. The highest BCUT2D eigenvalue weighted by Crippen LogP contribution is 2.39. The average Bonchev–Trinajstić information content (AvgIpc) is 2.42. The van der Waals surface area contributed by atoms with Gasteiger partial charge in [-0.25, -0.2) is 0 Å². The molecule has 0 amide bonds. The van der Waals surface area contributed by atoms with Crippen LogP contribution >= 0.6 is 27.5 Å². The third-order valence-corrected chi connectivity index (χ3v) is 5.15. The summed E-state index contributed by atoms with van der Waals surface area (Å²) in [6.45, 7) is 2.19. The van der Waals surface area contributed by atoms with Gasteiger partial charge >= 0.3 is 0 Å². The van der Waals surface area contributed by atoms with Gasteiger partial charge in [-0.1, -0.05) is 57.9 Å². The Balaban J connectivity index is 1.56. The summed E-state index contributed by atoms with van der Waals surface area (Å²) in [6.07, 6.45) is 2.40. The maximum Gasteiger partial charge on any atom is 0.0453 e. The zero-order chi connectivity index (χ0) is 14.8. The fourth-order valence-corrected chi connectivity index (χ4v) is 3.77. The van der Waals surface area contributed by atoms with E-state index in [1.54, 1.807) is 0 Å². The van der Waals surface area contributed by atoms with Crippen LogP contribution in [0.25, 0.3) is 0 Å². The van der Waals surface area contributed by atoms with E-state index in [9.17, 15) is 0 Å². The second kappa shape index (κ2) is 6.51. The number of hydrogen-bond acceptors (Lipinski definition) is 1. The Hall–Kier alpha value is -0.830. The van der Waals surface area contributed by atoms with Crippen molar-refractivity contribution in [2.45, 2.75) is 37.8 Å². The van der Waals surface area contributed by atoms with Gasteiger partial charge in [0.15, 0.2) is 0 Å². The Kier molecular flexibility index (Phi) is 4.68. The lowest BCUT2D eigenvalue weighted by atomic mass is 9.75. The van der Waals surface area contributed by atoms with E-state index in [2.05, 4.69) is 58.5 Å². The molecule has 0 spiro atoms. The summed E-state index contributed by atoms with van der Waals surface area (Å²) < 4.78 is 1.17. The Morgan fingerprint density at radius 2 is 1.90 bits per heavy atom. The fourth-order valence-electron chi connectivity index (χ4n) is 3.06. The Morgan fingerprint density at radius 1 is 1.14 bits per heavy atom. The second-order valence-corrected chi connectivity index (χ2v) is 7.15. The highest BCUT2D eigenvalue weighted by atomic mass is 79.9. The van der Waals surface area contributed by atoms with Crippen LogP contribution in [0.5, 0.6) is 0 Å². The van der Waals surface area contributed by atoms with Crippen LogP contribution < -0.4 is 5.32 Å². The lowest BCUT2D eigenvalue weighted by Gasteiger charge is -2.38. The predicted octanol–water partition coefficient (Wildman–Crippen LogP) is 5.70. The number of benzene rings is 2. The van der Waals surface area contributed by atoms with Crippen LogP contribution in [-0.4, -0.2) is 6.04 Å². The van der Waals surface area contributed by atoms with E-state index >= 15 is 0 Å². The molecule has 0 bridgehead atoms. The molecule has 1 fully saturated rings. The minimum atomic E-state index is 0.298. The van der Waals surface area contributed by atoms with Crippen molar-refractivity contribution in [1.29, 1.82) is 0 Å². The number of rotatable bonds is 4. The molecule has 1 aliphatic rings. The molecule has 1 saturated carbocycles. The SMILES string of the molecule is C[C@H](NC1CC(c2cccc(Br)c2)C1)c1ccccc1Cl. The zero-order valence-electron chi connectivity index (χ0n) is 12.0. The van der Waals surface area contributed by atoms with Gasteiger partial charge in [0.2, 0.25) is 0 Å². The molecule has 0 heterocycles. The number of halogens is 2. The predicted molar refractivity (Wildman–Crippen MR) is 92.9 cm³/mol. The molecule has 110 valence electrons. The first-order valence-corrected chi connectivity index (χ1v) is 8.56. The first-order valence-electron chi connectivity index (χ1n) is 7.39. The maximum atomic E-state index is 6.26. The molecule has 0 aromatic heterocycles. The van der Waals surface area contributed by atoms with E-state index in [-0.39, 0.29) is 0 Å². The molecular formula is C18H19BrClN. The van der Waals surface area contributed by atoms with Gasteiger partial charge in [-0.2, -0.15) is 0 Å². The van der Waals surface area contributed by atoms with Crippen molar-refractivity contribution in [3.05, 3.63) is 69.2 Å². The van der Waals surface area contributed by atoms with Gasteiger partial charge < -0.3 is 5.32 Å². The number of nitrogens with one attached hydrogen (secondary N) is 1. The van der Waals surface area contributed by atoms with Crippen LogP contribution in [0.2, 0.25) is 5.02 Å². The topological polar surface area (TPSA) is 12.0 Å². The van der Waals surface area contributed by atoms with Crippen molar-refractivity contribution in [3.63, 3.8) is 0 Å². The van der Waals surface area contributed by atoms with Gasteiger partial charge in [0.25, 0.3) is 0 Å². The van der Waals surface area contributed by atoms with Crippen LogP contribution in [0.3, 0.4) is 0 Å². The smallest absolute Gasteiger partial charge is 0.0453 e. The Labute approximate surface area is 139 Å². The summed E-state index contributed by atoms with van der Waals surface area (Å²) in [6, 6.07) is 17.6. The van der Waals surface area contributed by atoms with Gasteiger partial charge in [0, 0.05) is 21.6 Å². The van der Waals surface area contributed by atoms with Gasteiger partial charge in [-0.15, -0.1) is 0 Å². The van der Waals surface area contributed by atoms with Gasteiger partial charge in [0.1, 0.15) is 0 Å². The van der Waals surface area contributed by atoms with Crippen molar-refractivity contribution in [2.75, 3.05) is 0 Å². The first-order chi connectivity index (χ1) is 10.1. The standard InChI is InChI=1S/C18H19BrClN/c1-12(17-7-2-3-8-18(17)20)21-16-10-14(11-16)13-5-4-6-15(19)9-13/h2-9,12,14,16,21H,10-11H2,1H3/t12-,14?,16?/m0/s1. The van der Waals surface area contributed by atoms with Crippen molar-refractivity contribution < 1.29 is 0 Å². The van der Waals surface area contributed by atoms with E-state index in [1.807, 2.05) is 18.2 Å². The third kappa shape index (κ3) is 3.50. The summed E-state index contributed by atoms with van der Waals surface area (Å²) in [5, 5.41) is 4.54. The molecule has 1 aliphatic carbocycles. The van der Waals surface area contributed by atoms with Gasteiger partial charge in [-0.3, -0.25) is 0 Å². The second-order valence-electron chi connectivity index (χ2n) is 5.83. The normalized spacial score (nSPS) is 22.6. The van der Waals surface area contributed by atoms with Crippen LogP contribution in [0.4, 0.5) is 0 Å². The Morgan fingerprint density at radius 3 is 2.62 bits per heavy atom. The van der Waals surface area contributed by atoms with E-state index in [0.717, 1.165) is 5.02 Å². The lowest BCUT2D eigenvalue weighted by molar-refractivity contribution is 0.271. The van der Waals surface area contributed by atoms with Gasteiger partial charge in [-0.05, 0) is 55.0 Å². The molecule has 0 saturated heterocycles. The largest absolute Gasteiger partial charge is 0.307 e. The molecule has 0 unspecified atom stereocenters. The molecule has 2 aromatic carbocycles. The van der Waals surface area contributed by atoms with Crippen molar-refractivity contribution in [3.8, 4) is 0 Å². The highest BCUT2D eigenvalue weighted by molar-refractivity contribution is 9.10. The monoisotopic (exact) mass is 363 g/mol. The van der Waals surface area contributed by atoms with Crippen molar-refractivity contribution in [1.82, 2.24) is 5.32 Å². The molecule has 0 radical (unpaired) electrons. The summed E-state index contributed by atoms with van der Waals surface area (Å²) in [4.78, 5) is 0. The molecule has 21 heavy (non-hydrogen) atoms. The zero-order valence-corrected chi connectivity index (χ0v) is 14.4. The van der Waals surface area contributed by atoms with Crippen molar-refractivity contribution >= 4 is 27.5 Å². The average molecular weight is 365 g/mol. The lowest BCUT2D eigenvalue weighted by Crippen LogP contribution is -2.41.